The summed E-state index contributed by atoms with van der Waals surface area (Å²) in [5, 5.41) is 11.5. The fourth-order valence-electron chi connectivity index (χ4n) is 4.76. The molecule has 0 saturated heterocycles. The molecule has 2 aromatic carbocycles. The van der Waals surface area contributed by atoms with Gasteiger partial charge in [-0.1, -0.05) is 97.8 Å². The first-order valence-corrected chi connectivity index (χ1v) is 13.1. The van der Waals surface area contributed by atoms with Crippen LogP contribution in [0.5, 0.6) is 11.5 Å². The number of phenolic OH excluding ortho intramolecular Hbond substituents is 1. The third-order valence-corrected chi connectivity index (χ3v) is 7.15. The van der Waals surface area contributed by atoms with E-state index in [0.717, 1.165) is 73.6 Å². The predicted octanol–water partition coefficient (Wildman–Crippen LogP) is 8.94. The van der Waals surface area contributed by atoms with Crippen LogP contribution in [-0.4, -0.2) is 11.1 Å². The van der Waals surface area contributed by atoms with Crippen LogP contribution in [-0.2, 0) is 10.8 Å². The number of ether oxygens (including phenoxy) is 1. The maximum Gasteiger partial charge on any atom is 0.343 e. The van der Waals surface area contributed by atoms with E-state index in [9.17, 15) is 9.90 Å². The molecule has 1 N–H and O–H groups in total. The van der Waals surface area contributed by atoms with Gasteiger partial charge in [-0.3, -0.25) is 0 Å². The quantitative estimate of drug-likeness (QED) is 0.193. The summed E-state index contributed by atoms with van der Waals surface area (Å²) < 4.78 is 5.84. The molecule has 0 amide bonds. The average molecular weight is 467 g/mol. The number of carbonyl (C=O) groups excluding carboxylic acids is 1. The van der Waals surface area contributed by atoms with E-state index in [0.29, 0.717) is 17.1 Å². The van der Waals surface area contributed by atoms with E-state index in [1.54, 1.807) is 0 Å². The van der Waals surface area contributed by atoms with Gasteiger partial charge in [0.25, 0.3) is 0 Å². The summed E-state index contributed by atoms with van der Waals surface area (Å²) in [4.78, 5) is 13.3. The summed E-state index contributed by atoms with van der Waals surface area (Å²) in [7, 11) is 0. The molecular formula is C31H46O3. The number of aryl methyl sites for hydroxylation is 2. The molecule has 0 unspecified atom stereocenters. The van der Waals surface area contributed by atoms with Crippen LogP contribution in [0, 0.1) is 13.8 Å². The topological polar surface area (TPSA) is 46.5 Å². The zero-order chi connectivity index (χ0) is 25.5. The number of rotatable bonds is 12. The van der Waals surface area contributed by atoms with E-state index >= 15 is 0 Å². The largest absolute Gasteiger partial charge is 0.507 e. The molecular weight excluding hydrogens is 420 g/mol. The van der Waals surface area contributed by atoms with Crippen molar-refractivity contribution in [3.8, 4) is 11.5 Å². The minimum absolute atomic E-state index is 0.246. The first-order chi connectivity index (χ1) is 15.9. The van der Waals surface area contributed by atoms with Crippen LogP contribution in [0.25, 0.3) is 0 Å². The number of hydrogen-bond donors (Lipinski definition) is 1. The molecule has 2 rings (SSSR count). The van der Waals surface area contributed by atoms with E-state index in [1.165, 1.54) is 0 Å². The average Bonchev–Trinajstić information content (AvgIpc) is 2.75. The minimum Gasteiger partial charge on any atom is -0.507 e. The number of hydrogen-bond acceptors (Lipinski definition) is 3. The molecule has 0 fully saturated rings. The molecule has 188 valence electrons. The van der Waals surface area contributed by atoms with E-state index in [4.69, 9.17) is 4.74 Å². The summed E-state index contributed by atoms with van der Waals surface area (Å²) >= 11 is 0. The minimum atomic E-state index is -0.372. The molecule has 0 atom stereocenters. The van der Waals surface area contributed by atoms with Crippen LogP contribution in [0.15, 0.2) is 30.3 Å². The van der Waals surface area contributed by atoms with Crippen LogP contribution >= 0.6 is 0 Å². The number of benzene rings is 2. The summed E-state index contributed by atoms with van der Waals surface area (Å²) in [6, 6.07) is 9.55. The first kappa shape index (κ1) is 28.0. The maximum atomic E-state index is 13.3. The van der Waals surface area contributed by atoms with E-state index in [2.05, 4.69) is 41.5 Å². The van der Waals surface area contributed by atoms with Crippen LogP contribution in [0.2, 0.25) is 0 Å². The molecule has 0 aliphatic carbocycles. The molecule has 0 bridgehead atoms. The van der Waals surface area contributed by atoms with Gasteiger partial charge in [0.15, 0.2) is 0 Å². The zero-order valence-corrected chi connectivity index (χ0v) is 22.8. The lowest BCUT2D eigenvalue weighted by molar-refractivity contribution is 0.0733. The van der Waals surface area contributed by atoms with Gasteiger partial charge in [0.05, 0.1) is 5.56 Å². The van der Waals surface area contributed by atoms with E-state index in [1.807, 2.05) is 44.2 Å². The Bertz CT molecular complexity index is 926. The maximum absolute atomic E-state index is 13.3. The Hall–Kier alpha value is -2.29. The summed E-state index contributed by atoms with van der Waals surface area (Å²) in [6.45, 7) is 17.1. The predicted molar refractivity (Wildman–Crippen MR) is 143 cm³/mol. The fourth-order valence-corrected chi connectivity index (χ4v) is 4.76. The number of phenols is 1. The fraction of sp³-hybridized carbons (Fsp3) is 0.581. The Kier molecular flexibility index (Phi) is 9.79. The molecule has 2 aromatic rings. The van der Waals surface area contributed by atoms with Crippen molar-refractivity contribution in [3.63, 3.8) is 0 Å². The monoisotopic (exact) mass is 466 g/mol. The Balaban J connectivity index is 2.53. The molecule has 3 heteroatoms. The highest BCUT2D eigenvalue weighted by Crippen LogP contribution is 2.44. The van der Waals surface area contributed by atoms with Crippen molar-refractivity contribution in [3.05, 3.63) is 58.1 Å². The van der Waals surface area contributed by atoms with Gasteiger partial charge in [-0.2, -0.15) is 0 Å². The standard InChI is InChI=1S/C31H46O3/c1-9-11-13-17-30(5,6)25-20-24(29(33)34-27-16-15-22(3)19-23(27)4)21-26(28(25)32)31(7,8)18-14-12-10-2/h15-16,19-21,32H,9-14,17-18H2,1-8H3. The van der Waals surface area contributed by atoms with Crippen molar-refractivity contribution in [2.45, 2.75) is 118 Å². The van der Waals surface area contributed by atoms with Crippen molar-refractivity contribution in [1.29, 1.82) is 0 Å². The van der Waals surface area contributed by atoms with Gasteiger partial charge in [-0.25, -0.2) is 4.79 Å². The van der Waals surface area contributed by atoms with Gasteiger partial charge >= 0.3 is 5.97 Å². The smallest absolute Gasteiger partial charge is 0.343 e. The molecule has 0 aliphatic heterocycles. The number of aromatic hydroxyl groups is 1. The Labute approximate surface area is 207 Å². The first-order valence-electron chi connectivity index (χ1n) is 13.1. The Morgan fingerprint density at radius 3 is 1.76 bits per heavy atom. The molecule has 0 radical (unpaired) electrons. The Morgan fingerprint density at radius 1 is 0.824 bits per heavy atom. The van der Waals surface area contributed by atoms with Gasteiger partial charge in [-0.05, 0) is 61.3 Å². The van der Waals surface area contributed by atoms with Gasteiger partial charge in [-0.15, -0.1) is 0 Å². The van der Waals surface area contributed by atoms with Crippen molar-refractivity contribution >= 4 is 5.97 Å². The third kappa shape index (κ3) is 7.10. The van der Waals surface area contributed by atoms with E-state index < -0.39 is 0 Å². The van der Waals surface area contributed by atoms with Crippen molar-refractivity contribution in [1.82, 2.24) is 0 Å². The molecule has 0 saturated carbocycles. The highest BCUT2D eigenvalue weighted by atomic mass is 16.5. The second-order valence-corrected chi connectivity index (χ2v) is 11.3. The lowest BCUT2D eigenvalue weighted by Gasteiger charge is -2.32. The van der Waals surface area contributed by atoms with E-state index in [-0.39, 0.29) is 16.8 Å². The SMILES string of the molecule is CCCCCC(C)(C)c1cc(C(=O)Oc2ccc(C)cc2C)cc(C(C)(C)CCCCC)c1O. The second kappa shape index (κ2) is 11.9. The molecule has 0 aromatic heterocycles. The van der Waals surface area contributed by atoms with Crippen LogP contribution in [0.4, 0.5) is 0 Å². The number of esters is 1. The Morgan fingerprint density at radius 2 is 1.32 bits per heavy atom. The van der Waals surface area contributed by atoms with Crippen molar-refractivity contribution in [2.24, 2.45) is 0 Å². The van der Waals surface area contributed by atoms with Gasteiger partial charge < -0.3 is 9.84 Å². The molecule has 0 aliphatic rings. The molecule has 0 spiro atoms. The van der Waals surface area contributed by atoms with Crippen LogP contribution in [0.1, 0.15) is 126 Å². The van der Waals surface area contributed by atoms with Gasteiger partial charge in [0, 0.05) is 11.1 Å². The highest BCUT2D eigenvalue weighted by Gasteiger charge is 2.32. The normalized spacial score (nSPS) is 12.1. The highest BCUT2D eigenvalue weighted by molar-refractivity contribution is 5.92. The summed E-state index contributed by atoms with van der Waals surface area (Å²) in [5.41, 5.74) is 3.78. The second-order valence-electron chi connectivity index (χ2n) is 11.3. The van der Waals surface area contributed by atoms with Crippen molar-refractivity contribution < 1.29 is 14.6 Å². The molecule has 0 heterocycles. The van der Waals surface area contributed by atoms with Crippen molar-refractivity contribution in [2.75, 3.05) is 0 Å². The molecule has 3 nitrogen and oxygen atoms in total. The zero-order valence-electron chi connectivity index (χ0n) is 22.8. The number of unbranched alkanes of at least 4 members (excludes halogenated alkanes) is 4. The third-order valence-electron chi connectivity index (χ3n) is 7.15. The van der Waals surface area contributed by atoms with Gasteiger partial charge in [0.2, 0.25) is 0 Å². The van der Waals surface area contributed by atoms with Crippen LogP contribution < -0.4 is 4.74 Å². The lowest BCUT2D eigenvalue weighted by Crippen LogP contribution is -2.24. The number of carbonyl (C=O) groups is 1. The summed E-state index contributed by atoms with van der Waals surface area (Å²) in [5.74, 6) is 0.547. The summed E-state index contributed by atoms with van der Waals surface area (Å²) in [6.07, 6.45) is 8.73. The molecule has 34 heavy (non-hydrogen) atoms. The van der Waals surface area contributed by atoms with Gasteiger partial charge in [0.1, 0.15) is 11.5 Å². The lowest BCUT2D eigenvalue weighted by atomic mass is 9.73. The van der Waals surface area contributed by atoms with Crippen LogP contribution in [0.3, 0.4) is 0 Å².